The number of amides is 1. The number of carbonyl (C=O) groups is 2. The number of furan rings is 1. The molecule has 1 aromatic heterocycles. The fourth-order valence-corrected chi connectivity index (χ4v) is 4.53. The monoisotopic (exact) mass is 429 g/mol. The van der Waals surface area contributed by atoms with Crippen molar-refractivity contribution < 1.29 is 23.8 Å². The van der Waals surface area contributed by atoms with Gasteiger partial charge in [-0.3, -0.25) is 9.59 Å². The molecule has 2 aliphatic heterocycles. The number of carbonyl (C=O) groups excluding carboxylic acids is 2. The molecule has 2 aliphatic rings. The zero-order chi connectivity index (χ0) is 22.4. The number of hydrogen-bond donors (Lipinski definition) is 1. The fourth-order valence-electron chi connectivity index (χ4n) is 4.53. The summed E-state index contributed by atoms with van der Waals surface area (Å²) in [6, 6.07) is 15.8. The van der Waals surface area contributed by atoms with Crippen molar-refractivity contribution in [2.24, 2.45) is 0 Å². The topological polar surface area (TPSA) is 80.0 Å². The Morgan fingerprint density at radius 2 is 1.97 bits per heavy atom. The highest BCUT2D eigenvalue weighted by Crippen LogP contribution is 2.41. The van der Waals surface area contributed by atoms with Gasteiger partial charge in [-0.2, -0.15) is 0 Å². The highest BCUT2D eigenvalue weighted by Gasteiger charge is 2.46. The van der Waals surface area contributed by atoms with Gasteiger partial charge in [0.25, 0.3) is 11.7 Å². The van der Waals surface area contributed by atoms with Crippen molar-refractivity contribution in [3.8, 4) is 5.75 Å². The second kappa shape index (κ2) is 7.71. The van der Waals surface area contributed by atoms with E-state index in [2.05, 4.69) is 0 Å². The lowest BCUT2D eigenvalue weighted by atomic mass is 9.93. The van der Waals surface area contributed by atoms with Gasteiger partial charge < -0.3 is 19.2 Å². The van der Waals surface area contributed by atoms with Gasteiger partial charge in [-0.1, -0.05) is 29.8 Å². The standard InChI is InChI=1S/C26H23NO5/c1-15-5-3-6-17(11-15)23-22(25(29)26(30)27(23)14-20-7-4-10-31-20)24(28)18-8-9-21-19(13-18)12-16(2)32-21/h3-11,13,16,23,28H,12,14H2,1-2H3/b24-22-. The van der Waals surface area contributed by atoms with Crippen LogP contribution in [0.4, 0.5) is 0 Å². The molecule has 1 saturated heterocycles. The Balaban J connectivity index is 1.64. The molecule has 0 bridgehead atoms. The fraction of sp³-hybridized carbons (Fsp3) is 0.231. The highest BCUT2D eigenvalue weighted by molar-refractivity contribution is 6.46. The van der Waals surface area contributed by atoms with Crippen molar-refractivity contribution in [1.82, 2.24) is 4.90 Å². The summed E-state index contributed by atoms with van der Waals surface area (Å²) >= 11 is 0. The molecule has 2 unspecified atom stereocenters. The Hall–Kier alpha value is -3.80. The number of aliphatic hydroxyl groups excluding tert-OH is 1. The van der Waals surface area contributed by atoms with Crippen LogP contribution in [0.3, 0.4) is 0 Å². The van der Waals surface area contributed by atoms with Gasteiger partial charge in [-0.05, 0) is 55.3 Å². The molecule has 2 atom stereocenters. The maximum absolute atomic E-state index is 13.1. The van der Waals surface area contributed by atoms with E-state index in [0.717, 1.165) is 28.9 Å². The van der Waals surface area contributed by atoms with Crippen molar-refractivity contribution in [2.75, 3.05) is 0 Å². The molecule has 1 amide bonds. The number of ketones is 1. The van der Waals surface area contributed by atoms with Gasteiger partial charge in [0.05, 0.1) is 24.4 Å². The van der Waals surface area contributed by atoms with E-state index < -0.39 is 17.7 Å². The smallest absolute Gasteiger partial charge is 0.296 e. The van der Waals surface area contributed by atoms with E-state index in [4.69, 9.17) is 9.15 Å². The number of nitrogens with zero attached hydrogens (tertiary/aromatic N) is 1. The van der Waals surface area contributed by atoms with E-state index >= 15 is 0 Å². The summed E-state index contributed by atoms with van der Waals surface area (Å²) < 4.78 is 11.2. The van der Waals surface area contributed by atoms with Crippen LogP contribution < -0.4 is 4.74 Å². The molecule has 3 heterocycles. The Morgan fingerprint density at radius 3 is 2.72 bits per heavy atom. The van der Waals surface area contributed by atoms with Gasteiger partial charge in [-0.25, -0.2) is 0 Å². The minimum absolute atomic E-state index is 0.0635. The van der Waals surface area contributed by atoms with Crippen molar-refractivity contribution >= 4 is 17.4 Å². The normalized spacial score (nSPS) is 21.6. The number of likely N-dealkylation sites (tertiary alicyclic amines) is 1. The third-order valence-electron chi connectivity index (χ3n) is 5.97. The van der Waals surface area contributed by atoms with E-state index in [1.807, 2.05) is 44.2 Å². The first-order chi connectivity index (χ1) is 15.4. The zero-order valence-corrected chi connectivity index (χ0v) is 17.9. The Morgan fingerprint density at radius 1 is 1.12 bits per heavy atom. The van der Waals surface area contributed by atoms with E-state index in [9.17, 15) is 14.7 Å². The Bertz CT molecular complexity index is 1240. The van der Waals surface area contributed by atoms with E-state index in [1.165, 1.54) is 11.2 Å². The van der Waals surface area contributed by atoms with Gasteiger partial charge in [0.2, 0.25) is 0 Å². The largest absolute Gasteiger partial charge is 0.507 e. The first-order valence-corrected chi connectivity index (χ1v) is 10.6. The van der Waals surface area contributed by atoms with Gasteiger partial charge in [0.1, 0.15) is 23.4 Å². The zero-order valence-electron chi connectivity index (χ0n) is 17.9. The highest BCUT2D eigenvalue weighted by atomic mass is 16.5. The Kier molecular flexibility index (Phi) is 4.85. The van der Waals surface area contributed by atoms with Gasteiger partial charge in [0, 0.05) is 12.0 Å². The van der Waals surface area contributed by atoms with Gasteiger partial charge >= 0.3 is 0 Å². The van der Waals surface area contributed by atoms with Crippen LogP contribution in [-0.4, -0.2) is 27.8 Å². The molecule has 0 aliphatic carbocycles. The molecule has 1 N–H and O–H groups in total. The lowest BCUT2D eigenvalue weighted by Gasteiger charge is -2.24. The minimum Gasteiger partial charge on any atom is -0.507 e. The molecule has 2 aromatic carbocycles. The molecule has 0 radical (unpaired) electrons. The molecule has 32 heavy (non-hydrogen) atoms. The van der Waals surface area contributed by atoms with Crippen molar-refractivity contribution in [2.45, 2.75) is 39.0 Å². The summed E-state index contributed by atoms with van der Waals surface area (Å²) in [4.78, 5) is 27.7. The van der Waals surface area contributed by atoms with Crippen LogP contribution in [0, 0.1) is 6.92 Å². The van der Waals surface area contributed by atoms with Crippen molar-refractivity contribution in [3.63, 3.8) is 0 Å². The molecule has 3 aromatic rings. The van der Waals surface area contributed by atoms with Crippen LogP contribution in [0.25, 0.3) is 5.76 Å². The number of benzene rings is 2. The molecule has 6 heteroatoms. The third-order valence-corrected chi connectivity index (χ3v) is 5.97. The van der Waals surface area contributed by atoms with Crippen LogP contribution >= 0.6 is 0 Å². The summed E-state index contributed by atoms with van der Waals surface area (Å²) in [6.07, 6.45) is 2.32. The average Bonchev–Trinajstić information content (AvgIpc) is 3.47. The molecule has 162 valence electrons. The van der Waals surface area contributed by atoms with E-state index in [0.29, 0.717) is 11.3 Å². The predicted molar refractivity (Wildman–Crippen MR) is 118 cm³/mol. The first kappa shape index (κ1) is 20.1. The van der Waals surface area contributed by atoms with Crippen molar-refractivity contribution in [1.29, 1.82) is 0 Å². The van der Waals surface area contributed by atoms with E-state index in [1.54, 1.807) is 24.3 Å². The molecule has 0 spiro atoms. The summed E-state index contributed by atoms with van der Waals surface area (Å²) in [5.41, 5.74) is 3.30. The number of fused-ring (bicyclic) bond motifs is 1. The molecule has 6 nitrogen and oxygen atoms in total. The SMILES string of the molecule is Cc1cccc(C2/C(=C(/O)c3ccc4c(c3)CC(C)O4)C(=O)C(=O)N2Cc2ccco2)c1. The van der Waals surface area contributed by atoms with Crippen LogP contribution in [0.1, 0.15) is 41.0 Å². The summed E-state index contributed by atoms with van der Waals surface area (Å²) in [5, 5.41) is 11.3. The summed E-state index contributed by atoms with van der Waals surface area (Å²) in [6.45, 7) is 4.06. The lowest BCUT2D eigenvalue weighted by Crippen LogP contribution is -2.29. The number of Topliss-reactive ketones (excluding diaryl/α,β-unsaturated/α-hetero) is 1. The van der Waals surface area contributed by atoms with Crippen LogP contribution in [0.5, 0.6) is 5.75 Å². The number of aliphatic hydroxyl groups is 1. The number of rotatable bonds is 4. The molecular weight excluding hydrogens is 406 g/mol. The van der Waals surface area contributed by atoms with Crippen LogP contribution in [0.15, 0.2) is 70.9 Å². The maximum Gasteiger partial charge on any atom is 0.296 e. The average molecular weight is 429 g/mol. The minimum atomic E-state index is -0.719. The molecular formula is C26H23NO5. The molecule has 5 rings (SSSR count). The van der Waals surface area contributed by atoms with Crippen LogP contribution in [0.2, 0.25) is 0 Å². The van der Waals surface area contributed by atoms with Crippen molar-refractivity contribution in [3.05, 3.63) is 94.4 Å². The maximum atomic E-state index is 13.1. The Labute approximate surface area is 185 Å². The molecule has 0 saturated carbocycles. The van der Waals surface area contributed by atoms with Gasteiger partial charge in [0.15, 0.2) is 0 Å². The number of ether oxygens (including phenoxy) is 1. The second-order valence-corrected chi connectivity index (χ2v) is 8.38. The predicted octanol–water partition coefficient (Wildman–Crippen LogP) is 4.53. The molecule has 1 fully saturated rings. The van der Waals surface area contributed by atoms with Crippen LogP contribution in [-0.2, 0) is 22.6 Å². The summed E-state index contributed by atoms with van der Waals surface area (Å²) in [7, 11) is 0. The van der Waals surface area contributed by atoms with E-state index in [-0.39, 0.29) is 24.0 Å². The number of aryl methyl sites for hydroxylation is 1. The quantitative estimate of drug-likeness (QED) is 0.374. The second-order valence-electron chi connectivity index (χ2n) is 8.38. The number of hydrogen-bond acceptors (Lipinski definition) is 5. The van der Waals surface area contributed by atoms with Gasteiger partial charge in [-0.15, -0.1) is 0 Å². The lowest BCUT2D eigenvalue weighted by molar-refractivity contribution is -0.140. The first-order valence-electron chi connectivity index (χ1n) is 10.6. The third kappa shape index (κ3) is 3.38. The summed E-state index contributed by atoms with van der Waals surface area (Å²) in [5.74, 6) is -0.201.